The van der Waals surface area contributed by atoms with Crippen molar-refractivity contribution in [3.63, 3.8) is 0 Å². The number of carbonyl (C=O) groups excluding carboxylic acids is 2. The van der Waals surface area contributed by atoms with Gasteiger partial charge in [0, 0.05) is 25.0 Å². The second-order valence-electron chi connectivity index (χ2n) is 7.83. The average molecular weight is 364 g/mol. The molecule has 0 aromatic carbocycles. The summed E-state index contributed by atoms with van der Waals surface area (Å²) < 4.78 is 11.4. The number of rotatable bonds is 8. The third-order valence-corrected chi connectivity index (χ3v) is 5.75. The number of esters is 2. The van der Waals surface area contributed by atoms with Crippen LogP contribution in [0.2, 0.25) is 0 Å². The highest BCUT2D eigenvalue weighted by molar-refractivity contribution is 5.91. The van der Waals surface area contributed by atoms with Gasteiger partial charge >= 0.3 is 11.9 Å². The SMILES string of the molecule is C=C1C(=O)OC2CC(C)=C(C(C)CCCO)C(OC(=O)CC(C)CC)C12. The van der Waals surface area contributed by atoms with Crippen molar-refractivity contribution in [2.24, 2.45) is 17.8 Å². The summed E-state index contributed by atoms with van der Waals surface area (Å²) in [5.41, 5.74) is 2.58. The minimum absolute atomic E-state index is 0.134. The van der Waals surface area contributed by atoms with E-state index in [9.17, 15) is 9.59 Å². The van der Waals surface area contributed by atoms with Crippen LogP contribution < -0.4 is 0 Å². The largest absolute Gasteiger partial charge is 0.458 e. The van der Waals surface area contributed by atoms with Gasteiger partial charge in [-0.15, -0.1) is 0 Å². The maximum Gasteiger partial charge on any atom is 0.334 e. The quantitative estimate of drug-likeness (QED) is 0.405. The lowest BCUT2D eigenvalue weighted by Gasteiger charge is -2.37. The Morgan fingerprint density at radius 2 is 2.12 bits per heavy atom. The van der Waals surface area contributed by atoms with E-state index < -0.39 is 6.10 Å². The van der Waals surface area contributed by atoms with Crippen molar-refractivity contribution in [1.29, 1.82) is 0 Å². The van der Waals surface area contributed by atoms with E-state index in [1.807, 2.05) is 20.8 Å². The van der Waals surface area contributed by atoms with Crippen molar-refractivity contribution in [3.05, 3.63) is 23.3 Å². The molecule has 0 aromatic rings. The van der Waals surface area contributed by atoms with E-state index in [1.165, 1.54) is 0 Å². The lowest BCUT2D eigenvalue weighted by atomic mass is 9.73. The first-order valence-corrected chi connectivity index (χ1v) is 9.69. The molecular formula is C21H32O5. The maximum atomic E-state index is 12.5. The maximum absolute atomic E-state index is 12.5. The molecule has 0 bridgehead atoms. The summed E-state index contributed by atoms with van der Waals surface area (Å²) in [5.74, 6) is -0.518. The van der Waals surface area contributed by atoms with Crippen LogP contribution in [-0.4, -0.2) is 35.9 Å². The highest BCUT2D eigenvalue weighted by Gasteiger charge is 2.50. The van der Waals surface area contributed by atoms with Gasteiger partial charge in [0.05, 0.1) is 5.92 Å². The lowest BCUT2D eigenvalue weighted by molar-refractivity contribution is -0.152. The fourth-order valence-electron chi connectivity index (χ4n) is 4.06. The number of fused-ring (bicyclic) bond motifs is 1. The summed E-state index contributed by atoms with van der Waals surface area (Å²) in [7, 11) is 0. The van der Waals surface area contributed by atoms with Gasteiger partial charge in [0.2, 0.25) is 0 Å². The molecule has 5 nitrogen and oxygen atoms in total. The molecule has 5 heteroatoms. The van der Waals surface area contributed by atoms with Crippen molar-refractivity contribution in [2.75, 3.05) is 6.61 Å². The van der Waals surface area contributed by atoms with E-state index in [0.29, 0.717) is 24.8 Å². The molecule has 1 fully saturated rings. The van der Waals surface area contributed by atoms with Crippen molar-refractivity contribution in [3.8, 4) is 0 Å². The first kappa shape index (κ1) is 20.7. The Kier molecular flexibility index (Phi) is 7.04. The van der Waals surface area contributed by atoms with Gasteiger partial charge in [0.1, 0.15) is 12.2 Å². The Morgan fingerprint density at radius 1 is 1.42 bits per heavy atom. The van der Waals surface area contributed by atoms with Gasteiger partial charge in [-0.2, -0.15) is 0 Å². The van der Waals surface area contributed by atoms with Crippen LogP contribution in [0.25, 0.3) is 0 Å². The van der Waals surface area contributed by atoms with Crippen LogP contribution in [0.1, 0.15) is 59.8 Å². The Morgan fingerprint density at radius 3 is 2.73 bits per heavy atom. The first-order chi connectivity index (χ1) is 12.3. The molecule has 146 valence electrons. The molecule has 0 aromatic heterocycles. The summed E-state index contributed by atoms with van der Waals surface area (Å²) in [4.78, 5) is 24.5. The van der Waals surface area contributed by atoms with Gasteiger partial charge in [-0.05, 0) is 37.2 Å². The zero-order chi connectivity index (χ0) is 19.4. The zero-order valence-electron chi connectivity index (χ0n) is 16.4. The molecule has 26 heavy (non-hydrogen) atoms. The van der Waals surface area contributed by atoms with E-state index in [4.69, 9.17) is 14.6 Å². The molecule has 1 N–H and O–H groups in total. The second-order valence-corrected chi connectivity index (χ2v) is 7.83. The van der Waals surface area contributed by atoms with Crippen LogP contribution in [0, 0.1) is 17.8 Å². The van der Waals surface area contributed by atoms with E-state index in [2.05, 4.69) is 13.5 Å². The topological polar surface area (TPSA) is 72.8 Å². The van der Waals surface area contributed by atoms with Crippen LogP contribution in [-0.2, 0) is 19.1 Å². The predicted octanol–water partition coefficient (Wildman–Crippen LogP) is 3.56. The Labute approximate surface area is 156 Å². The molecule has 5 unspecified atom stereocenters. The molecule has 1 heterocycles. The van der Waals surface area contributed by atoms with Crippen molar-refractivity contribution >= 4 is 11.9 Å². The molecule has 2 aliphatic rings. The van der Waals surface area contributed by atoms with E-state index in [-0.39, 0.29) is 42.4 Å². The normalized spacial score (nSPS) is 27.8. The molecule has 0 saturated carbocycles. The Hall–Kier alpha value is -1.62. The van der Waals surface area contributed by atoms with Crippen LogP contribution >= 0.6 is 0 Å². The standard InChI is InChI=1S/C21H32O5/c1-6-12(2)10-17(23)26-20-18(13(3)8-7-9-22)14(4)11-16-19(20)15(5)21(24)25-16/h12-13,16,19-20,22H,5-11H2,1-4H3. The van der Waals surface area contributed by atoms with Gasteiger partial charge in [-0.1, -0.05) is 39.3 Å². The van der Waals surface area contributed by atoms with Gasteiger partial charge in [-0.25, -0.2) is 4.79 Å². The lowest BCUT2D eigenvalue weighted by Crippen LogP contribution is -2.41. The van der Waals surface area contributed by atoms with Crippen LogP contribution in [0.3, 0.4) is 0 Å². The fourth-order valence-corrected chi connectivity index (χ4v) is 4.06. The molecule has 1 aliphatic carbocycles. The smallest absolute Gasteiger partial charge is 0.334 e. The summed E-state index contributed by atoms with van der Waals surface area (Å²) >= 11 is 0. The van der Waals surface area contributed by atoms with Crippen molar-refractivity contribution in [1.82, 2.24) is 0 Å². The van der Waals surface area contributed by atoms with E-state index in [0.717, 1.165) is 24.0 Å². The fraction of sp³-hybridized carbons (Fsp3) is 0.714. The molecule has 0 spiro atoms. The number of hydrogen-bond donors (Lipinski definition) is 1. The van der Waals surface area contributed by atoms with Crippen molar-refractivity contribution < 1.29 is 24.2 Å². The summed E-state index contributed by atoms with van der Waals surface area (Å²) in [5, 5.41) is 9.16. The van der Waals surface area contributed by atoms with Crippen LogP contribution in [0.5, 0.6) is 0 Å². The third-order valence-electron chi connectivity index (χ3n) is 5.75. The van der Waals surface area contributed by atoms with Gasteiger partial charge in [0.25, 0.3) is 0 Å². The predicted molar refractivity (Wildman–Crippen MR) is 99.3 cm³/mol. The average Bonchev–Trinajstić information content (AvgIpc) is 2.86. The van der Waals surface area contributed by atoms with Crippen LogP contribution in [0.4, 0.5) is 0 Å². The summed E-state index contributed by atoms with van der Waals surface area (Å²) in [6.45, 7) is 12.2. The van der Waals surface area contributed by atoms with E-state index in [1.54, 1.807) is 0 Å². The number of aliphatic hydroxyl groups is 1. The molecule has 0 radical (unpaired) electrons. The number of hydrogen-bond acceptors (Lipinski definition) is 5. The van der Waals surface area contributed by atoms with Gasteiger partial charge in [-0.3, -0.25) is 4.79 Å². The number of ether oxygens (including phenoxy) is 2. The molecule has 1 aliphatic heterocycles. The minimum atomic E-state index is -0.502. The molecular weight excluding hydrogens is 332 g/mol. The highest BCUT2D eigenvalue weighted by atomic mass is 16.6. The Bertz CT molecular complexity index is 591. The molecule has 2 rings (SSSR count). The van der Waals surface area contributed by atoms with Gasteiger partial charge in [0.15, 0.2) is 0 Å². The molecule has 0 amide bonds. The van der Waals surface area contributed by atoms with Gasteiger partial charge < -0.3 is 14.6 Å². The Balaban J connectivity index is 2.30. The number of aliphatic hydroxyl groups excluding tert-OH is 1. The van der Waals surface area contributed by atoms with Crippen molar-refractivity contribution in [2.45, 2.75) is 72.0 Å². The third kappa shape index (κ3) is 4.37. The first-order valence-electron chi connectivity index (χ1n) is 9.69. The summed E-state index contributed by atoms with van der Waals surface area (Å²) in [6, 6.07) is 0. The monoisotopic (exact) mass is 364 g/mol. The summed E-state index contributed by atoms with van der Waals surface area (Å²) in [6.07, 6.45) is 2.62. The van der Waals surface area contributed by atoms with Crippen LogP contribution in [0.15, 0.2) is 23.3 Å². The number of carbonyl (C=O) groups is 2. The zero-order valence-corrected chi connectivity index (χ0v) is 16.4. The minimum Gasteiger partial charge on any atom is -0.458 e. The molecule has 5 atom stereocenters. The second kappa shape index (κ2) is 8.85. The highest BCUT2D eigenvalue weighted by Crippen LogP contribution is 2.45. The molecule has 1 saturated heterocycles. The van der Waals surface area contributed by atoms with E-state index >= 15 is 0 Å².